The minimum absolute atomic E-state index is 0.184. The van der Waals surface area contributed by atoms with Crippen LogP contribution in [0.1, 0.15) is 53.1 Å². The lowest BCUT2D eigenvalue weighted by Crippen LogP contribution is -2.55. The van der Waals surface area contributed by atoms with Gasteiger partial charge in [-0.15, -0.1) is 0 Å². The Morgan fingerprint density at radius 3 is 2.53 bits per heavy atom. The molecule has 9 nitrogen and oxygen atoms in total. The predicted octanol–water partition coefficient (Wildman–Crippen LogP) is 3.64. The van der Waals surface area contributed by atoms with Gasteiger partial charge in [-0.3, -0.25) is 14.1 Å². The van der Waals surface area contributed by atoms with Crippen LogP contribution in [0.5, 0.6) is 5.75 Å². The number of rotatable bonds is 7. The van der Waals surface area contributed by atoms with Gasteiger partial charge < -0.3 is 24.6 Å². The van der Waals surface area contributed by atoms with Crippen LogP contribution in [0.2, 0.25) is 5.02 Å². The van der Waals surface area contributed by atoms with Gasteiger partial charge in [-0.1, -0.05) is 23.7 Å². The molecular formula is C21H23ClNO8P. The molecule has 11 heteroatoms. The van der Waals surface area contributed by atoms with Crippen molar-refractivity contribution in [2.75, 3.05) is 6.79 Å². The second-order valence-corrected chi connectivity index (χ2v) is 9.42. The zero-order chi connectivity index (χ0) is 23.7. The fourth-order valence-electron chi connectivity index (χ4n) is 3.50. The van der Waals surface area contributed by atoms with E-state index < -0.39 is 38.3 Å². The van der Waals surface area contributed by atoms with Crippen LogP contribution in [-0.2, 0) is 13.8 Å². The molecule has 32 heavy (non-hydrogen) atoms. The Labute approximate surface area is 189 Å². The Bertz CT molecular complexity index is 1080. The quantitative estimate of drug-likeness (QED) is 0.309. The number of carbonyl (C=O) groups is 2. The van der Waals surface area contributed by atoms with Gasteiger partial charge >= 0.3 is 7.82 Å². The summed E-state index contributed by atoms with van der Waals surface area (Å²) in [6.45, 7) is 4.06. The molecule has 0 aromatic heterocycles. The lowest BCUT2D eigenvalue weighted by molar-refractivity contribution is -0.141. The van der Waals surface area contributed by atoms with E-state index in [0.29, 0.717) is 16.9 Å². The van der Waals surface area contributed by atoms with Crippen LogP contribution in [0.3, 0.4) is 0 Å². The van der Waals surface area contributed by atoms with Crippen molar-refractivity contribution in [2.24, 2.45) is 0 Å². The summed E-state index contributed by atoms with van der Waals surface area (Å²) in [4.78, 5) is 42.9. The van der Waals surface area contributed by atoms with E-state index in [9.17, 15) is 14.2 Å². The molecule has 0 bridgehead atoms. The average Bonchev–Trinajstić information content (AvgIpc) is 2.68. The predicted molar refractivity (Wildman–Crippen MR) is 116 cm³/mol. The Morgan fingerprint density at radius 2 is 1.91 bits per heavy atom. The van der Waals surface area contributed by atoms with Crippen molar-refractivity contribution in [2.45, 2.75) is 38.5 Å². The van der Waals surface area contributed by atoms with Crippen LogP contribution in [0.25, 0.3) is 0 Å². The van der Waals surface area contributed by atoms with Gasteiger partial charge in [-0.2, -0.15) is 0 Å². The maximum atomic E-state index is 13.0. The molecule has 0 radical (unpaired) electrons. The SMILES string of the molecule is CC(=O)c1ccc2c(c1)[C@H](NC(=O)c1ccccc1Cl)[C@H](OCOP(=O)(O)O)C(C)(C)O2. The molecule has 0 spiro atoms. The van der Waals surface area contributed by atoms with Crippen LogP contribution >= 0.6 is 19.4 Å². The molecule has 3 rings (SSSR count). The van der Waals surface area contributed by atoms with Crippen molar-refractivity contribution in [1.29, 1.82) is 0 Å². The number of phosphoric ester groups is 1. The van der Waals surface area contributed by atoms with Gasteiger partial charge in [0.1, 0.15) is 17.5 Å². The fraction of sp³-hybridized carbons (Fsp3) is 0.333. The molecule has 0 saturated heterocycles. The van der Waals surface area contributed by atoms with Gasteiger partial charge in [0, 0.05) is 11.1 Å². The molecule has 1 amide bonds. The fourth-order valence-corrected chi connectivity index (χ4v) is 3.92. The molecule has 172 valence electrons. The topological polar surface area (TPSA) is 131 Å². The summed E-state index contributed by atoms with van der Waals surface area (Å²) in [7, 11) is -4.78. The Balaban J connectivity index is 2.02. The van der Waals surface area contributed by atoms with Crippen LogP contribution in [-0.4, -0.2) is 40.0 Å². The van der Waals surface area contributed by atoms with Crippen LogP contribution in [0.4, 0.5) is 0 Å². The normalized spacial score (nSPS) is 19.6. The highest BCUT2D eigenvalue weighted by Gasteiger charge is 2.46. The van der Waals surface area contributed by atoms with Crippen molar-refractivity contribution >= 4 is 31.1 Å². The molecule has 1 heterocycles. The zero-order valence-electron chi connectivity index (χ0n) is 17.6. The second-order valence-electron chi connectivity index (χ2n) is 7.77. The van der Waals surface area contributed by atoms with Crippen molar-refractivity contribution in [3.05, 3.63) is 64.2 Å². The number of carbonyl (C=O) groups excluding carboxylic acids is 2. The van der Waals surface area contributed by atoms with E-state index >= 15 is 0 Å². The molecule has 1 aliphatic heterocycles. The molecule has 0 unspecified atom stereocenters. The van der Waals surface area contributed by atoms with Gasteiger partial charge in [0.15, 0.2) is 12.6 Å². The van der Waals surface area contributed by atoms with Crippen LogP contribution < -0.4 is 10.1 Å². The van der Waals surface area contributed by atoms with Gasteiger partial charge in [0.25, 0.3) is 5.91 Å². The zero-order valence-corrected chi connectivity index (χ0v) is 19.2. The van der Waals surface area contributed by atoms with Crippen molar-refractivity contribution < 1.29 is 37.9 Å². The summed E-state index contributed by atoms with van der Waals surface area (Å²) in [6, 6.07) is 10.5. The standard InChI is InChI=1S/C21H23ClNO8P/c1-12(24)13-8-9-17-15(10-13)18(23-20(25)14-6-4-5-7-16(14)22)19(21(2,3)31-17)29-11-30-32(26,27)28/h4-10,18-19H,11H2,1-3H3,(H,23,25)(H2,26,27,28)/t18-,19-/m0/s1. The molecule has 1 aliphatic rings. The van der Waals surface area contributed by atoms with E-state index in [4.69, 9.17) is 30.9 Å². The van der Waals surface area contributed by atoms with E-state index in [0.717, 1.165) is 0 Å². The van der Waals surface area contributed by atoms with E-state index in [1.54, 1.807) is 56.3 Å². The summed E-state index contributed by atoms with van der Waals surface area (Å²) in [5.74, 6) is -0.252. The summed E-state index contributed by atoms with van der Waals surface area (Å²) in [5.41, 5.74) is 0.0577. The molecule has 0 saturated carbocycles. The van der Waals surface area contributed by atoms with E-state index in [-0.39, 0.29) is 16.4 Å². The number of nitrogens with one attached hydrogen (secondary N) is 1. The van der Waals surface area contributed by atoms with Gasteiger partial charge in [0.05, 0.1) is 16.6 Å². The number of halogens is 1. The third kappa shape index (κ3) is 5.56. The average molecular weight is 484 g/mol. The second kappa shape index (κ2) is 9.31. The highest BCUT2D eigenvalue weighted by Crippen LogP contribution is 2.43. The van der Waals surface area contributed by atoms with Crippen molar-refractivity contribution in [3.63, 3.8) is 0 Å². The first-order chi connectivity index (χ1) is 14.9. The Kier molecular flexibility index (Phi) is 7.09. The summed E-state index contributed by atoms with van der Waals surface area (Å²) < 4.78 is 27.2. The molecule has 0 aliphatic carbocycles. The Hall–Kier alpha value is -2.26. The number of benzene rings is 2. The van der Waals surface area contributed by atoms with Gasteiger partial charge in [-0.05, 0) is 51.1 Å². The smallest absolute Gasteiger partial charge is 0.471 e. The van der Waals surface area contributed by atoms with E-state index in [1.165, 1.54) is 6.92 Å². The molecule has 2 atom stereocenters. The number of phosphoric acid groups is 1. The van der Waals surface area contributed by atoms with E-state index in [2.05, 4.69) is 9.84 Å². The van der Waals surface area contributed by atoms with Crippen LogP contribution in [0.15, 0.2) is 42.5 Å². The molecule has 2 aromatic rings. The lowest BCUT2D eigenvalue weighted by atomic mass is 9.85. The monoisotopic (exact) mass is 483 g/mol. The molecule has 0 fully saturated rings. The number of hydrogen-bond donors (Lipinski definition) is 3. The molecule has 2 aromatic carbocycles. The maximum Gasteiger partial charge on any atom is 0.471 e. The highest BCUT2D eigenvalue weighted by molar-refractivity contribution is 7.46. The van der Waals surface area contributed by atoms with Crippen LogP contribution in [0, 0.1) is 0 Å². The maximum absolute atomic E-state index is 13.0. The minimum Gasteiger partial charge on any atom is -0.485 e. The summed E-state index contributed by atoms with van der Waals surface area (Å²) in [5, 5.41) is 3.11. The van der Waals surface area contributed by atoms with Gasteiger partial charge in [0.2, 0.25) is 0 Å². The van der Waals surface area contributed by atoms with E-state index in [1.807, 2.05) is 0 Å². The number of ketones is 1. The first-order valence-electron chi connectivity index (χ1n) is 9.60. The number of Topliss-reactive ketones (excluding diaryl/α,β-unsaturated/α-hetero) is 1. The van der Waals surface area contributed by atoms with Gasteiger partial charge in [-0.25, -0.2) is 4.57 Å². The highest BCUT2D eigenvalue weighted by atomic mass is 35.5. The number of fused-ring (bicyclic) bond motifs is 1. The largest absolute Gasteiger partial charge is 0.485 e. The van der Waals surface area contributed by atoms with Crippen molar-refractivity contribution in [3.8, 4) is 5.75 Å². The lowest BCUT2D eigenvalue weighted by Gasteiger charge is -2.44. The minimum atomic E-state index is -4.78. The van der Waals surface area contributed by atoms with Crippen molar-refractivity contribution in [1.82, 2.24) is 5.32 Å². The first-order valence-corrected chi connectivity index (χ1v) is 11.5. The summed E-state index contributed by atoms with van der Waals surface area (Å²) >= 11 is 6.16. The molecular weight excluding hydrogens is 461 g/mol. The third-order valence-electron chi connectivity index (χ3n) is 4.99. The number of amides is 1. The number of ether oxygens (including phenoxy) is 2. The Morgan fingerprint density at radius 1 is 1.22 bits per heavy atom. The molecule has 3 N–H and O–H groups in total. The summed E-state index contributed by atoms with van der Waals surface area (Å²) in [6.07, 6.45) is -0.935. The third-order valence-corrected chi connectivity index (χ3v) is 5.76. The number of hydrogen-bond acceptors (Lipinski definition) is 6. The first kappa shape index (κ1) is 24.4.